The topological polar surface area (TPSA) is 0 Å². The smallest absolute Gasteiger partial charge is 0.0100 e. The molecule has 0 saturated carbocycles. The molecule has 0 radical (unpaired) electrons. The fraction of sp³-hybridized carbons (Fsp3) is 0.500. The van der Waals surface area contributed by atoms with Crippen molar-refractivity contribution in [2.45, 2.75) is 32.1 Å². The molecule has 1 atom stereocenters. The molecule has 1 rings (SSSR count). The summed E-state index contributed by atoms with van der Waals surface area (Å²) in [4.78, 5) is 0. The van der Waals surface area contributed by atoms with E-state index in [2.05, 4.69) is 53.2 Å². The van der Waals surface area contributed by atoms with E-state index in [-0.39, 0.29) is 0 Å². The van der Waals surface area contributed by atoms with Crippen molar-refractivity contribution in [1.82, 2.24) is 0 Å². The van der Waals surface area contributed by atoms with Crippen LogP contribution in [-0.4, -0.2) is 5.33 Å². The summed E-state index contributed by atoms with van der Waals surface area (Å²) in [6.45, 7) is 2.25. The van der Waals surface area contributed by atoms with Gasteiger partial charge >= 0.3 is 0 Å². The van der Waals surface area contributed by atoms with E-state index >= 15 is 0 Å². The number of halogens is 1. The molecule has 1 aromatic carbocycles. The van der Waals surface area contributed by atoms with Gasteiger partial charge in [0, 0.05) is 5.33 Å². The fourth-order valence-electron chi connectivity index (χ4n) is 1.51. The molecule has 0 fully saturated rings. The highest BCUT2D eigenvalue weighted by Gasteiger charge is 2.07. The average molecular weight is 241 g/mol. The molecule has 0 aliphatic heterocycles. The Morgan fingerprint density at radius 3 is 2.46 bits per heavy atom. The van der Waals surface area contributed by atoms with Crippen molar-refractivity contribution in [1.29, 1.82) is 0 Å². The maximum absolute atomic E-state index is 3.58. The lowest BCUT2D eigenvalue weighted by Gasteiger charge is -2.13. The van der Waals surface area contributed by atoms with Crippen LogP contribution in [0, 0.1) is 0 Å². The maximum atomic E-state index is 3.58. The van der Waals surface area contributed by atoms with Gasteiger partial charge in [0.05, 0.1) is 0 Å². The average Bonchev–Trinajstić information content (AvgIpc) is 2.21. The van der Waals surface area contributed by atoms with Crippen molar-refractivity contribution < 1.29 is 0 Å². The summed E-state index contributed by atoms with van der Waals surface area (Å²) >= 11 is 3.58. The molecular formula is C12H17Br. The number of benzene rings is 1. The SMILES string of the molecule is CCCCC(CBr)c1ccccc1. The molecule has 0 heterocycles. The zero-order valence-electron chi connectivity index (χ0n) is 8.17. The summed E-state index contributed by atoms with van der Waals surface area (Å²) in [6, 6.07) is 10.8. The third-order valence-corrected chi connectivity index (χ3v) is 3.14. The van der Waals surface area contributed by atoms with E-state index in [0.717, 1.165) is 5.33 Å². The van der Waals surface area contributed by atoms with Gasteiger partial charge in [-0.2, -0.15) is 0 Å². The minimum atomic E-state index is 0.696. The van der Waals surface area contributed by atoms with Crippen LogP contribution in [0.1, 0.15) is 37.7 Å². The van der Waals surface area contributed by atoms with Crippen LogP contribution in [0.2, 0.25) is 0 Å². The molecule has 1 heteroatoms. The molecule has 0 spiro atoms. The number of unbranched alkanes of at least 4 members (excludes halogenated alkanes) is 1. The Balaban J connectivity index is 2.56. The molecule has 0 nitrogen and oxygen atoms in total. The minimum absolute atomic E-state index is 0.696. The molecule has 13 heavy (non-hydrogen) atoms. The molecule has 0 saturated heterocycles. The van der Waals surface area contributed by atoms with E-state index in [0.29, 0.717) is 5.92 Å². The van der Waals surface area contributed by atoms with Gasteiger partial charge in [-0.3, -0.25) is 0 Å². The highest BCUT2D eigenvalue weighted by atomic mass is 79.9. The zero-order chi connectivity index (χ0) is 9.52. The van der Waals surface area contributed by atoms with Crippen LogP contribution in [0.4, 0.5) is 0 Å². The normalized spacial score (nSPS) is 12.8. The lowest BCUT2D eigenvalue weighted by atomic mass is 9.96. The van der Waals surface area contributed by atoms with Crippen LogP contribution < -0.4 is 0 Å². The Bertz CT molecular complexity index is 218. The number of hydrogen-bond acceptors (Lipinski definition) is 0. The van der Waals surface area contributed by atoms with Gasteiger partial charge in [0.25, 0.3) is 0 Å². The molecule has 0 amide bonds. The maximum Gasteiger partial charge on any atom is 0.0100 e. The van der Waals surface area contributed by atoms with E-state index in [1.54, 1.807) is 0 Å². The first-order valence-corrected chi connectivity index (χ1v) is 6.11. The van der Waals surface area contributed by atoms with Gasteiger partial charge in [0.2, 0.25) is 0 Å². The van der Waals surface area contributed by atoms with Gasteiger partial charge in [-0.05, 0) is 17.9 Å². The number of rotatable bonds is 5. The summed E-state index contributed by atoms with van der Waals surface area (Å²) in [5.74, 6) is 0.696. The monoisotopic (exact) mass is 240 g/mol. The number of hydrogen-bond donors (Lipinski definition) is 0. The predicted octanol–water partition coefficient (Wildman–Crippen LogP) is 4.36. The first-order chi connectivity index (χ1) is 6.38. The van der Waals surface area contributed by atoms with Gasteiger partial charge in [-0.1, -0.05) is 66.0 Å². The predicted molar refractivity (Wildman–Crippen MR) is 62.5 cm³/mol. The van der Waals surface area contributed by atoms with E-state index in [1.165, 1.54) is 24.8 Å². The first-order valence-electron chi connectivity index (χ1n) is 4.99. The van der Waals surface area contributed by atoms with E-state index in [1.807, 2.05) is 0 Å². The van der Waals surface area contributed by atoms with Gasteiger partial charge in [0.1, 0.15) is 0 Å². The largest absolute Gasteiger partial charge is 0.0921 e. The van der Waals surface area contributed by atoms with Gasteiger partial charge in [-0.15, -0.1) is 0 Å². The van der Waals surface area contributed by atoms with E-state index < -0.39 is 0 Å². The lowest BCUT2D eigenvalue weighted by Crippen LogP contribution is -1.99. The molecular weight excluding hydrogens is 224 g/mol. The Hall–Kier alpha value is -0.300. The first kappa shape index (κ1) is 10.8. The highest BCUT2D eigenvalue weighted by Crippen LogP contribution is 2.23. The van der Waals surface area contributed by atoms with Gasteiger partial charge in [-0.25, -0.2) is 0 Å². The summed E-state index contributed by atoms with van der Waals surface area (Å²) in [5.41, 5.74) is 1.47. The van der Waals surface area contributed by atoms with Gasteiger partial charge < -0.3 is 0 Å². The van der Waals surface area contributed by atoms with Crippen molar-refractivity contribution in [3.63, 3.8) is 0 Å². The molecule has 1 aromatic rings. The van der Waals surface area contributed by atoms with Crippen LogP contribution >= 0.6 is 15.9 Å². The van der Waals surface area contributed by atoms with Crippen molar-refractivity contribution >= 4 is 15.9 Å². The third kappa shape index (κ3) is 3.51. The van der Waals surface area contributed by atoms with Crippen molar-refractivity contribution in [2.24, 2.45) is 0 Å². The van der Waals surface area contributed by atoms with Crippen LogP contribution in [0.5, 0.6) is 0 Å². The van der Waals surface area contributed by atoms with E-state index in [9.17, 15) is 0 Å². The standard InChI is InChI=1S/C12H17Br/c1-2-3-7-12(10-13)11-8-5-4-6-9-11/h4-6,8-9,12H,2-3,7,10H2,1H3. The quantitative estimate of drug-likeness (QED) is 0.672. The van der Waals surface area contributed by atoms with Crippen LogP contribution in [0.25, 0.3) is 0 Å². The third-order valence-electron chi connectivity index (χ3n) is 2.36. The summed E-state index contributed by atoms with van der Waals surface area (Å²) < 4.78 is 0. The van der Waals surface area contributed by atoms with Crippen LogP contribution in [0.15, 0.2) is 30.3 Å². The van der Waals surface area contributed by atoms with Crippen molar-refractivity contribution in [3.05, 3.63) is 35.9 Å². The van der Waals surface area contributed by atoms with Crippen LogP contribution in [-0.2, 0) is 0 Å². The molecule has 0 aliphatic carbocycles. The Kier molecular flexibility index (Phi) is 5.14. The molecule has 0 aromatic heterocycles. The second-order valence-corrected chi connectivity index (χ2v) is 4.05. The van der Waals surface area contributed by atoms with E-state index in [4.69, 9.17) is 0 Å². The Morgan fingerprint density at radius 2 is 1.92 bits per heavy atom. The van der Waals surface area contributed by atoms with Crippen LogP contribution in [0.3, 0.4) is 0 Å². The summed E-state index contributed by atoms with van der Waals surface area (Å²) in [7, 11) is 0. The highest BCUT2D eigenvalue weighted by molar-refractivity contribution is 9.09. The zero-order valence-corrected chi connectivity index (χ0v) is 9.76. The molecule has 0 N–H and O–H groups in total. The summed E-state index contributed by atoms with van der Waals surface area (Å²) in [5, 5.41) is 1.08. The molecule has 1 unspecified atom stereocenters. The second-order valence-electron chi connectivity index (χ2n) is 3.40. The lowest BCUT2D eigenvalue weighted by molar-refractivity contribution is 0.633. The minimum Gasteiger partial charge on any atom is -0.0921 e. The van der Waals surface area contributed by atoms with Gasteiger partial charge in [0.15, 0.2) is 0 Å². The fourth-order valence-corrected chi connectivity index (χ4v) is 2.21. The molecule has 0 aliphatic rings. The molecule has 72 valence electrons. The Morgan fingerprint density at radius 1 is 1.23 bits per heavy atom. The Labute approximate surface area is 89.5 Å². The number of alkyl halides is 1. The molecule has 0 bridgehead atoms. The summed E-state index contributed by atoms with van der Waals surface area (Å²) in [6.07, 6.45) is 3.91. The second kappa shape index (κ2) is 6.20. The van der Waals surface area contributed by atoms with Crippen molar-refractivity contribution in [2.75, 3.05) is 5.33 Å². The van der Waals surface area contributed by atoms with Crippen molar-refractivity contribution in [3.8, 4) is 0 Å².